The lowest BCUT2D eigenvalue weighted by Crippen LogP contribution is -2.55. The van der Waals surface area contributed by atoms with Crippen LogP contribution in [0.2, 0.25) is 0 Å². The smallest absolute Gasteiger partial charge is 0.219 e. The molecule has 0 amide bonds. The zero-order valence-electron chi connectivity index (χ0n) is 11.6. The Morgan fingerprint density at radius 3 is 2.65 bits per heavy atom. The molecule has 1 N–H and O–H groups in total. The Labute approximate surface area is 125 Å². The molecule has 2 rings (SSSR count). The zero-order chi connectivity index (χ0) is 14.8. The maximum atomic E-state index is 12.7. The highest BCUT2D eigenvalue weighted by molar-refractivity contribution is 8.01. The second-order valence-corrected chi connectivity index (χ2v) is 10.9. The Kier molecular flexibility index (Phi) is 5.39. The normalized spacial score (nSPS) is 30.2. The minimum absolute atomic E-state index is 0.0207. The van der Waals surface area contributed by atoms with Crippen LogP contribution in [0, 0.1) is 0 Å². The van der Waals surface area contributed by atoms with Crippen molar-refractivity contribution in [1.82, 2.24) is 9.62 Å². The summed E-state index contributed by atoms with van der Waals surface area (Å²) in [5, 5.41) is 1.70. The first-order valence-electron chi connectivity index (χ1n) is 6.90. The van der Waals surface area contributed by atoms with Crippen molar-refractivity contribution in [3.8, 4) is 0 Å². The van der Waals surface area contributed by atoms with Gasteiger partial charge in [-0.15, -0.1) is 0 Å². The molecule has 2 unspecified atom stereocenters. The maximum absolute atomic E-state index is 12.7. The molecule has 0 aromatic heterocycles. The van der Waals surface area contributed by atoms with Crippen LogP contribution >= 0.6 is 11.8 Å². The number of sulfonamides is 1. The molecule has 118 valence electrons. The first kappa shape index (κ1) is 16.5. The van der Waals surface area contributed by atoms with E-state index in [1.807, 2.05) is 0 Å². The zero-order valence-corrected chi connectivity index (χ0v) is 14.1. The van der Waals surface area contributed by atoms with Gasteiger partial charge in [-0.1, -0.05) is 6.92 Å². The number of sulfone groups is 1. The molecule has 6 nitrogen and oxygen atoms in total. The lowest BCUT2D eigenvalue weighted by Gasteiger charge is -2.37. The fraction of sp³-hybridized carbons (Fsp3) is 1.00. The van der Waals surface area contributed by atoms with E-state index < -0.39 is 30.5 Å². The highest BCUT2D eigenvalue weighted by atomic mass is 32.2. The summed E-state index contributed by atoms with van der Waals surface area (Å²) in [4.78, 5) is 0. The molecule has 20 heavy (non-hydrogen) atoms. The monoisotopic (exact) mass is 342 g/mol. The fourth-order valence-electron chi connectivity index (χ4n) is 2.60. The summed E-state index contributed by atoms with van der Waals surface area (Å²) in [5.74, 6) is 0.984. The topological polar surface area (TPSA) is 83.6 Å². The molecule has 0 aromatic carbocycles. The number of hydrogen-bond acceptors (Lipinski definition) is 6. The van der Waals surface area contributed by atoms with Crippen LogP contribution in [0.4, 0.5) is 0 Å². The van der Waals surface area contributed by atoms with Crippen LogP contribution in [0.3, 0.4) is 0 Å². The van der Waals surface area contributed by atoms with E-state index in [0.29, 0.717) is 31.0 Å². The number of nitrogens with zero attached hydrogens (tertiary/aromatic N) is 1. The lowest BCUT2D eigenvalue weighted by molar-refractivity contribution is 0.385. The van der Waals surface area contributed by atoms with Gasteiger partial charge >= 0.3 is 0 Å². The molecule has 0 aromatic rings. The average molecular weight is 343 g/mol. The van der Waals surface area contributed by atoms with E-state index in [4.69, 9.17) is 0 Å². The summed E-state index contributed by atoms with van der Waals surface area (Å²) in [6, 6.07) is 0. The summed E-state index contributed by atoms with van der Waals surface area (Å²) in [5.41, 5.74) is 0. The van der Waals surface area contributed by atoms with E-state index >= 15 is 0 Å². The molecule has 2 aliphatic heterocycles. The Balaban J connectivity index is 2.27. The van der Waals surface area contributed by atoms with E-state index in [0.717, 1.165) is 13.0 Å². The number of piperidine rings is 1. The summed E-state index contributed by atoms with van der Waals surface area (Å²) in [6.45, 7) is 3.12. The highest BCUT2D eigenvalue weighted by Crippen LogP contribution is 2.27. The average Bonchev–Trinajstić information content (AvgIpc) is 2.48. The van der Waals surface area contributed by atoms with E-state index in [2.05, 4.69) is 5.32 Å². The second-order valence-electron chi connectivity index (χ2n) is 5.11. The van der Waals surface area contributed by atoms with Crippen molar-refractivity contribution in [2.24, 2.45) is 0 Å². The summed E-state index contributed by atoms with van der Waals surface area (Å²) in [7, 11) is -6.94. The van der Waals surface area contributed by atoms with Crippen molar-refractivity contribution < 1.29 is 16.8 Å². The number of thioether (sulfide) groups is 1. The molecule has 0 spiro atoms. The van der Waals surface area contributed by atoms with Gasteiger partial charge in [0.2, 0.25) is 10.0 Å². The van der Waals surface area contributed by atoms with Gasteiger partial charge in [0.05, 0.1) is 5.25 Å². The van der Waals surface area contributed by atoms with Crippen molar-refractivity contribution >= 4 is 31.6 Å². The molecule has 2 aliphatic rings. The van der Waals surface area contributed by atoms with Crippen molar-refractivity contribution in [2.45, 2.75) is 30.4 Å². The predicted octanol–water partition coefficient (Wildman–Crippen LogP) is -0.122. The summed E-state index contributed by atoms with van der Waals surface area (Å²) < 4.78 is 51.0. The molecule has 0 radical (unpaired) electrons. The minimum Gasteiger partial charge on any atom is -0.315 e. The highest BCUT2D eigenvalue weighted by Gasteiger charge is 2.43. The van der Waals surface area contributed by atoms with Gasteiger partial charge in [-0.2, -0.15) is 16.1 Å². The first-order chi connectivity index (χ1) is 9.39. The van der Waals surface area contributed by atoms with E-state index in [1.165, 1.54) is 16.1 Å². The van der Waals surface area contributed by atoms with Crippen LogP contribution < -0.4 is 5.32 Å². The van der Waals surface area contributed by atoms with E-state index in [-0.39, 0.29) is 5.75 Å². The van der Waals surface area contributed by atoms with Crippen molar-refractivity contribution in [3.05, 3.63) is 0 Å². The fourth-order valence-corrected chi connectivity index (χ4v) is 8.33. The van der Waals surface area contributed by atoms with Gasteiger partial charge in [0, 0.05) is 30.3 Å². The maximum Gasteiger partial charge on any atom is 0.219 e. The summed E-state index contributed by atoms with van der Waals surface area (Å²) in [6.07, 6.45) is 1.43. The molecule has 0 bridgehead atoms. The van der Waals surface area contributed by atoms with E-state index in [1.54, 1.807) is 6.92 Å². The van der Waals surface area contributed by atoms with Crippen molar-refractivity contribution in [2.75, 3.05) is 36.9 Å². The molecule has 2 atom stereocenters. The Hall–Kier alpha value is 0.170. The van der Waals surface area contributed by atoms with Crippen LogP contribution in [0.5, 0.6) is 0 Å². The van der Waals surface area contributed by atoms with Gasteiger partial charge in [-0.05, 0) is 19.4 Å². The lowest BCUT2D eigenvalue weighted by atomic mass is 10.2. The molecule has 9 heteroatoms. The molecular weight excluding hydrogens is 320 g/mol. The Morgan fingerprint density at radius 1 is 1.30 bits per heavy atom. The van der Waals surface area contributed by atoms with Gasteiger partial charge in [0.15, 0.2) is 9.84 Å². The van der Waals surface area contributed by atoms with Crippen LogP contribution in [0.1, 0.15) is 19.8 Å². The van der Waals surface area contributed by atoms with Crippen molar-refractivity contribution in [1.29, 1.82) is 0 Å². The number of hydrogen-bond donors (Lipinski definition) is 1. The first-order valence-corrected chi connectivity index (χ1v) is 11.3. The Bertz CT molecular complexity index is 526. The van der Waals surface area contributed by atoms with Crippen molar-refractivity contribution in [3.63, 3.8) is 0 Å². The minimum atomic E-state index is -3.55. The van der Waals surface area contributed by atoms with Crippen LogP contribution in [-0.4, -0.2) is 68.7 Å². The molecule has 0 saturated carbocycles. The molecule has 2 fully saturated rings. The third-order valence-electron chi connectivity index (χ3n) is 3.85. The standard InChI is InChI=1S/C11H22N2O4S3/c1-2-19(14,15)11-9-18-7-6-13(11)20(16,17)10-4-3-5-12-8-10/h10-12H,2-9H2,1H3. The number of nitrogens with one attached hydrogen (secondary N) is 1. The van der Waals surface area contributed by atoms with Gasteiger partial charge in [0.1, 0.15) is 5.37 Å². The SMILES string of the molecule is CCS(=O)(=O)C1CSCCN1S(=O)(=O)C1CCCNC1. The van der Waals surface area contributed by atoms with Gasteiger partial charge < -0.3 is 5.32 Å². The van der Waals surface area contributed by atoms with Crippen LogP contribution in [0.25, 0.3) is 0 Å². The largest absolute Gasteiger partial charge is 0.315 e. The third-order valence-corrected chi connectivity index (χ3v) is 9.61. The van der Waals surface area contributed by atoms with Crippen LogP contribution in [-0.2, 0) is 19.9 Å². The Morgan fingerprint density at radius 2 is 2.05 bits per heavy atom. The van der Waals surface area contributed by atoms with Gasteiger partial charge in [-0.3, -0.25) is 0 Å². The van der Waals surface area contributed by atoms with Crippen LogP contribution in [0.15, 0.2) is 0 Å². The second kappa shape index (κ2) is 6.51. The molecular formula is C11H22N2O4S3. The molecule has 2 heterocycles. The number of rotatable bonds is 4. The molecule has 2 saturated heterocycles. The quantitative estimate of drug-likeness (QED) is 0.767. The van der Waals surface area contributed by atoms with E-state index in [9.17, 15) is 16.8 Å². The third kappa shape index (κ3) is 3.32. The van der Waals surface area contributed by atoms with Gasteiger partial charge in [-0.25, -0.2) is 16.8 Å². The summed E-state index contributed by atoms with van der Waals surface area (Å²) >= 11 is 1.51. The van der Waals surface area contributed by atoms with Gasteiger partial charge in [0.25, 0.3) is 0 Å². The predicted molar refractivity (Wildman–Crippen MR) is 82.1 cm³/mol. The molecule has 0 aliphatic carbocycles.